The summed E-state index contributed by atoms with van der Waals surface area (Å²) in [6.07, 6.45) is 2.28. The molecule has 2 rings (SSSR count). The highest BCUT2D eigenvalue weighted by Gasteiger charge is 2.21. The van der Waals surface area contributed by atoms with E-state index in [1.165, 1.54) is 6.07 Å². The van der Waals surface area contributed by atoms with Crippen molar-refractivity contribution in [1.82, 2.24) is 5.32 Å². The summed E-state index contributed by atoms with van der Waals surface area (Å²) in [7, 11) is 1.64. The Morgan fingerprint density at radius 1 is 1.55 bits per heavy atom. The lowest BCUT2D eigenvalue weighted by molar-refractivity contribution is 0.204. The van der Waals surface area contributed by atoms with Crippen LogP contribution in [0, 0.1) is 17.1 Å². The van der Waals surface area contributed by atoms with Crippen molar-refractivity contribution in [2.75, 3.05) is 38.3 Å². The predicted octanol–water partition coefficient (Wildman–Crippen LogP) is 1.90. The number of ether oxygens (including phenoxy) is 1. The Balaban J connectivity index is 2.21. The molecule has 1 aliphatic heterocycles. The van der Waals surface area contributed by atoms with Crippen molar-refractivity contribution in [3.05, 3.63) is 29.6 Å². The molecule has 1 aromatic rings. The molecule has 0 amide bonds. The highest BCUT2D eigenvalue weighted by molar-refractivity contribution is 5.60. The summed E-state index contributed by atoms with van der Waals surface area (Å²) in [6.45, 7) is 2.99. The molecular formula is C15H20FN3O. The second-order valence-electron chi connectivity index (χ2n) is 4.98. The molecule has 0 aliphatic carbocycles. The molecule has 0 aromatic heterocycles. The topological polar surface area (TPSA) is 48.3 Å². The minimum Gasteiger partial charge on any atom is -0.383 e. The number of hydrogen-bond donors (Lipinski definition) is 1. The van der Waals surface area contributed by atoms with Crippen LogP contribution in [0.4, 0.5) is 10.1 Å². The molecule has 1 heterocycles. The second kappa shape index (κ2) is 7.22. The number of nitriles is 1. The Bertz CT molecular complexity index is 480. The lowest BCUT2D eigenvalue weighted by Crippen LogP contribution is -2.39. The Labute approximate surface area is 119 Å². The largest absolute Gasteiger partial charge is 0.383 e. The zero-order chi connectivity index (χ0) is 14.4. The van der Waals surface area contributed by atoms with Gasteiger partial charge in [-0.1, -0.05) is 6.07 Å². The van der Waals surface area contributed by atoms with Gasteiger partial charge in [0.15, 0.2) is 0 Å². The third-order valence-corrected chi connectivity index (χ3v) is 3.61. The van der Waals surface area contributed by atoms with E-state index in [-0.39, 0.29) is 5.56 Å². The zero-order valence-corrected chi connectivity index (χ0v) is 11.7. The van der Waals surface area contributed by atoms with Gasteiger partial charge < -0.3 is 15.0 Å². The molecular weight excluding hydrogens is 257 g/mol. The number of methoxy groups -OCH3 is 1. The Morgan fingerprint density at radius 2 is 2.40 bits per heavy atom. The maximum Gasteiger partial charge on any atom is 0.143 e. The van der Waals surface area contributed by atoms with Gasteiger partial charge in [-0.2, -0.15) is 5.26 Å². The third-order valence-electron chi connectivity index (χ3n) is 3.61. The quantitative estimate of drug-likeness (QED) is 0.863. The fourth-order valence-electron chi connectivity index (χ4n) is 2.58. The fraction of sp³-hybridized carbons (Fsp3) is 0.533. The summed E-state index contributed by atoms with van der Waals surface area (Å²) in [6, 6.07) is 7.13. The number of hydrogen-bond acceptors (Lipinski definition) is 4. The van der Waals surface area contributed by atoms with Crippen molar-refractivity contribution < 1.29 is 9.13 Å². The average Bonchev–Trinajstić information content (AvgIpc) is 2.96. The van der Waals surface area contributed by atoms with Crippen LogP contribution in [0.25, 0.3) is 0 Å². The van der Waals surface area contributed by atoms with Gasteiger partial charge in [0.05, 0.1) is 12.3 Å². The normalized spacial score (nSPS) is 17.9. The van der Waals surface area contributed by atoms with Gasteiger partial charge in [-0.05, 0) is 31.5 Å². The zero-order valence-electron chi connectivity index (χ0n) is 11.7. The van der Waals surface area contributed by atoms with E-state index in [2.05, 4.69) is 5.32 Å². The predicted molar refractivity (Wildman–Crippen MR) is 76.2 cm³/mol. The molecule has 1 aliphatic rings. The van der Waals surface area contributed by atoms with E-state index < -0.39 is 5.82 Å². The van der Waals surface area contributed by atoms with Gasteiger partial charge in [0.2, 0.25) is 0 Å². The van der Waals surface area contributed by atoms with Gasteiger partial charge in [0.1, 0.15) is 17.4 Å². The molecule has 0 radical (unpaired) electrons. The average molecular weight is 277 g/mol. The maximum atomic E-state index is 13.8. The summed E-state index contributed by atoms with van der Waals surface area (Å²) in [5.74, 6) is -0.466. The maximum absolute atomic E-state index is 13.8. The fourth-order valence-corrected chi connectivity index (χ4v) is 2.58. The van der Waals surface area contributed by atoms with Gasteiger partial charge >= 0.3 is 0 Å². The molecule has 108 valence electrons. The molecule has 4 nitrogen and oxygen atoms in total. The second-order valence-corrected chi connectivity index (χ2v) is 4.98. The summed E-state index contributed by atoms with van der Waals surface area (Å²) in [5.41, 5.74) is 0.764. The third kappa shape index (κ3) is 3.47. The molecule has 1 atom stereocenters. The van der Waals surface area contributed by atoms with Crippen LogP contribution in [0.5, 0.6) is 0 Å². The number of rotatable bonds is 6. The number of nitrogens with zero attached hydrogens (tertiary/aromatic N) is 2. The van der Waals surface area contributed by atoms with Crippen molar-refractivity contribution in [3.8, 4) is 6.07 Å². The van der Waals surface area contributed by atoms with Crippen molar-refractivity contribution >= 4 is 5.69 Å². The smallest absolute Gasteiger partial charge is 0.143 e. The molecule has 1 saturated heterocycles. The Morgan fingerprint density at radius 3 is 3.05 bits per heavy atom. The first-order valence-electron chi connectivity index (χ1n) is 6.92. The first-order chi connectivity index (χ1) is 9.76. The van der Waals surface area contributed by atoms with Crippen LogP contribution < -0.4 is 10.2 Å². The molecule has 20 heavy (non-hydrogen) atoms. The van der Waals surface area contributed by atoms with Crippen LogP contribution in [-0.4, -0.2) is 39.4 Å². The van der Waals surface area contributed by atoms with Crippen LogP contribution in [0.2, 0.25) is 0 Å². The van der Waals surface area contributed by atoms with Gasteiger partial charge in [0.25, 0.3) is 0 Å². The molecule has 0 saturated carbocycles. The van der Waals surface area contributed by atoms with E-state index in [0.717, 1.165) is 25.9 Å². The van der Waals surface area contributed by atoms with Crippen LogP contribution >= 0.6 is 0 Å². The number of benzene rings is 1. The molecule has 1 aromatic carbocycles. The van der Waals surface area contributed by atoms with E-state index in [4.69, 9.17) is 4.74 Å². The van der Waals surface area contributed by atoms with E-state index >= 15 is 0 Å². The minimum atomic E-state index is -0.466. The van der Waals surface area contributed by atoms with E-state index in [0.29, 0.717) is 24.9 Å². The van der Waals surface area contributed by atoms with Crippen LogP contribution in [0.15, 0.2) is 18.2 Å². The number of halogens is 1. The highest BCUT2D eigenvalue weighted by Crippen LogP contribution is 2.23. The van der Waals surface area contributed by atoms with Crippen LogP contribution in [-0.2, 0) is 4.74 Å². The summed E-state index contributed by atoms with van der Waals surface area (Å²) in [4.78, 5) is 2.04. The van der Waals surface area contributed by atoms with Gasteiger partial charge in [-0.25, -0.2) is 4.39 Å². The van der Waals surface area contributed by atoms with Crippen molar-refractivity contribution in [1.29, 1.82) is 5.26 Å². The lowest BCUT2D eigenvalue weighted by Gasteiger charge is -2.28. The minimum absolute atomic E-state index is 0.113. The van der Waals surface area contributed by atoms with E-state index in [1.807, 2.05) is 11.0 Å². The molecule has 5 heteroatoms. The van der Waals surface area contributed by atoms with Gasteiger partial charge in [-0.15, -0.1) is 0 Å². The Hall–Kier alpha value is -1.64. The Kier molecular flexibility index (Phi) is 5.33. The standard InChI is InChI=1S/C15H20FN3O/c1-20-9-8-19(11-12-4-3-7-18-12)15-6-2-5-14(16)13(15)10-17/h2,5-6,12,18H,3-4,7-9,11H2,1H3. The summed E-state index contributed by atoms with van der Waals surface area (Å²) in [5, 5.41) is 12.6. The highest BCUT2D eigenvalue weighted by atomic mass is 19.1. The van der Waals surface area contributed by atoms with Crippen LogP contribution in [0.1, 0.15) is 18.4 Å². The van der Waals surface area contributed by atoms with Crippen LogP contribution in [0.3, 0.4) is 0 Å². The van der Waals surface area contributed by atoms with Crippen molar-refractivity contribution in [2.45, 2.75) is 18.9 Å². The van der Waals surface area contributed by atoms with E-state index in [9.17, 15) is 9.65 Å². The molecule has 1 N–H and O–H groups in total. The van der Waals surface area contributed by atoms with E-state index in [1.54, 1.807) is 19.2 Å². The SMILES string of the molecule is COCCN(CC1CCCN1)c1cccc(F)c1C#N. The monoisotopic (exact) mass is 277 g/mol. The lowest BCUT2D eigenvalue weighted by atomic mass is 10.1. The van der Waals surface area contributed by atoms with Crippen molar-refractivity contribution in [2.24, 2.45) is 0 Å². The molecule has 1 fully saturated rings. The summed E-state index contributed by atoms with van der Waals surface area (Å²) < 4.78 is 18.9. The number of anilines is 1. The molecule has 1 unspecified atom stereocenters. The molecule has 0 bridgehead atoms. The summed E-state index contributed by atoms with van der Waals surface area (Å²) >= 11 is 0. The van der Waals surface area contributed by atoms with Gasteiger partial charge in [0, 0.05) is 26.2 Å². The first kappa shape index (κ1) is 14.8. The molecule has 0 spiro atoms. The number of nitrogens with one attached hydrogen (secondary N) is 1. The van der Waals surface area contributed by atoms with Crippen molar-refractivity contribution in [3.63, 3.8) is 0 Å². The first-order valence-corrected chi connectivity index (χ1v) is 6.92. The van der Waals surface area contributed by atoms with Gasteiger partial charge in [-0.3, -0.25) is 0 Å².